The second-order valence-electron chi connectivity index (χ2n) is 15.1. The first-order valence-corrected chi connectivity index (χ1v) is 21.0. The van der Waals surface area contributed by atoms with Gasteiger partial charge in [0, 0.05) is 18.7 Å². The van der Waals surface area contributed by atoms with Crippen LogP contribution in [0.4, 0.5) is 5.69 Å². The lowest BCUT2D eigenvalue weighted by Gasteiger charge is -2.31. The molecular formula is C41H69N2O6P. The van der Waals surface area contributed by atoms with Crippen molar-refractivity contribution in [3.05, 3.63) is 65.7 Å². The van der Waals surface area contributed by atoms with Gasteiger partial charge in [0.25, 0.3) is 7.82 Å². The number of nitrogens with one attached hydrogen (secondary N) is 1. The largest absolute Gasteiger partial charge is 0.756 e. The minimum absolute atomic E-state index is 0.0666. The summed E-state index contributed by atoms with van der Waals surface area (Å²) < 4.78 is 22.4. The number of hydrogen-bond acceptors (Lipinski definition) is 5. The number of amides is 1. The van der Waals surface area contributed by atoms with Crippen molar-refractivity contribution < 1.29 is 32.9 Å². The van der Waals surface area contributed by atoms with Gasteiger partial charge in [-0.15, -0.1) is 0 Å². The summed E-state index contributed by atoms with van der Waals surface area (Å²) in [6, 6.07) is 18.5. The van der Waals surface area contributed by atoms with Gasteiger partial charge in [0.15, 0.2) is 0 Å². The molecule has 0 saturated carbocycles. The van der Waals surface area contributed by atoms with Crippen molar-refractivity contribution in [1.82, 2.24) is 0 Å². The second-order valence-corrected chi connectivity index (χ2v) is 16.3. The highest BCUT2D eigenvalue weighted by Crippen LogP contribution is 2.34. The highest BCUT2D eigenvalue weighted by atomic mass is 31.2. The number of anilines is 1. The van der Waals surface area contributed by atoms with Crippen LogP contribution in [-0.4, -0.2) is 55.7 Å². The van der Waals surface area contributed by atoms with Crippen LogP contribution in [0.25, 0.3) is 0 Å². The van der Waals surface area contributed by atoms with Gasteiger partial charge >= 0.3 is 0 Å². The molecule has 0 aliphatic carbocycles. The lowest BCUT2D eigenvalue weighted by atomic mass is 10.0. The van der Waals surface area contributed by atoms with Crippen LogP contribution in [0, 0.1) is 0 Å². The zero-order chi connectivity index (χ0) is 36.3. The van der Waals surface area contributed by atoms with Crippen molar-refractivity contribution in [2.45, 2.75) is 148 Å². The maximum atomic E-state index is 12.3. The Hall–Kier alpha value is -2.06. The zero-order valence-electron chi connectivity index (χ0n) is 31.6. The van der Waals surface area contributed by atoms with E-state index in [0.29, 0.717) is 37.1 Å². The van der Waals surface area contributed by atoms with Crippen LogP contribution in [0.2, 0.25) is 0 Å². The normalized spacial score (nSPS) is 13.6. The van der Waals surface area contributed by atoms with Gasteiger partial charge in [-0.1, -0.05) is 139 Å². The van der Waals surface area contributed by atoms with Gasteiger partial charge in [0.05, 0.1) is 27.7 Å². The molecule has 8 nitrogen and oxygen atoms in total. The Kier molecular flexibility index (Phi) is 23.5. The highest BCUT2D eigenvalue weighted by Gasteiger charge is 2.22. The molecule has 50 heavy (non-hydrogen) atoms. The van der Waals surface area contributed by atoms with Crippen LogP contribution in [0.15, 0.2) is 54.6 Å². The average molecular weight is 717 g/mol. The third kappa shape index (κ3) is 25.8. The summed E-state index contributed by atoms with van der Waals surface area (Å²) in [6.07, 6.45) is 23.7. The number of aryl methyl sites for hydroxylation is 1. The number of phosphoric acid groups is 1. The Morgan fingerprint density at radius 1 is 0.720 bits per heavy atom. The van der Waals surface area contributed by atoms with E-state index in [1.165, 1.54) is 101 Å². The summed E-state index contributed by atoms with van der Waals surface area (Å²) in [5.74, 6) is 0.0666. The molecular weight excluding hydrogens is 647 g/mol. The van der Waals surface area contributed by atoms with E-state index in [2.05, 4.69) is 29.6 Å². The molecule has 2 unspecified atom stereocenters. The molecule has 0 spiro atoms. The fourth-order valence-corrected chi connectivity index (χ4v) is 6.93. The molecule has 2 rings (SSSR count). The molecule has 9 heteroatoms. The van der Waals surface area contributed by atoms with Crippen molar-refractivity contribution in [3.8, 4) is 0 Å². The number of hydrogen-bond donors (Lipinski definition) is 2. The lowest BCUT2D eigenvalue weighted by molar-refractivity contribution is -0.873. The SMILES string of the molecule is C[N+](C)(C)CC(CCCCCCCCCCCCCCCCCCc1ccc(NC(=O)CCCCOCc2ccccc2)cc1)OP(=O)([O-])O. The molecule has 0 aliphatic heterocycles. The van der Waals surface area contributed by atoms with Crippen LogP contribution in [0.1, 0.15) is 140 Å². The quantitative estimate of drug-likeness (QED) is 0.0457. The molecule has 0 aliphatic rings. The van der Waals surface area contributed by atoms with E-state index in [4.69, 9.17) is 14.2 Å². The zero-order valence-corrected chi connectivity index (χ0v) is 32.5. The molecule has 0 heterocycles. The molecule has 0 bridgehead atoms. The fourth-order valence-electron chi connectivity index (χ4n) is 6.38. The fraction of sp³-hybridized carbons (Fsp3) is 0.683. The number of ether oxygens (including phenoxy) is 1. The number of carbonyl (C=O) groups is 1. The molecule has 1 amide bonds. The Balaban J connectivity index is 1.34. The number of rotatable bonds is 31. The molecule has 0 aromatic heterocycles. The Morgan fingerprint density at radius 2 is 1.24 bits per heavy atom. The summed E-state index contributed by atoms with van der Waals surface area (Å²) in [4.78, 5) is 32.6. The predicted octanol–water partition coefficient (Wildman–Crippen LogP) is 9.74. The topological polar surface area (TPSA) is 108 Å². The second kappa shape index (κ2) is 26.7. The minimum atomic E-state index is -4.69. The summed E-state index contributed by atoms with van der Waals surface area (Å²) in [5, 5.41) is 3.02. The third-order valence-electron chi connectivity index (χ3n) is 9.07. The Morgan fingerprint density at radius 3 is 1.76 bits per heavy atom. The van der Waals surface area contributed by atoms with Crippen molar-refractivity contribution in [3.63, 3.8) is 0 Å². The van der Waals surface area contributed by atoms with Crippen LogP contribution in [0.5, 0.6) is 0 Å². The van der Waals surface area contributed by atoms with Gasteiger partial charge in [-0.05, 0) is 55.4 Å². The molecule has 2 aromatic carbocycles. The van der Waals surface area contributed by atoms with Crippen molar-refractivity contribution in [2.75, 3.05) is 39.6 Å². The first-order valence-electron chi connectivity index (χ1n) is 19.5. The minimum Gasteiger partial charge on any atom is -0.756 e. The van der Waals surface area contributed by atoms with E-state index in [1.54, 1.807) is 0 Å². The molecule has 2 aromatic rings. The average Bonchev–Trinajstić information content (AvgIpc) is 3.05. The van der Waals surface area contributed by atoms with E-state index in [9.17, 15) is 14.3 Å². The van der Waals surface area contributed by atoms with Gasteiger partial charge in [-0.2, -0.15) is 0 Å². The smallest absolute Gasteiger partial charge is 0.265 e. The Labute approximate surface area is 304 Å². The lowest BCUT2D eigenvalue weighted by Crippen LogP contribution is -2.42. The van der Waals surface area contributed by atoms with E-state index >= 15 is 0 Å². The van der Waals surface area contributed by atoms with Crippen LogP contribution in [0.3, 0.4) is 0 Å². The molecule has 0 fully saturated rings. The summed E-state index contributed by atoms with van der Waals surface area (Å²) >= 11 is 0. The van der Waals surface area contributed by atoms with Crippen LogP contribution in [-0.2, 0) is 31.6 Å². The number of benzene rings is 2. The van der Waals surface area contributed by atoms with Crippen LogP contribution < -0.4 is 10.2 Å². The van der Waals surface area contributed by atoms with Crippen molar-refractivity contribution in [2.24, 2.45) is 0 Å². The summed E-state index contributed by atoms with van der Waals surface area (Å²) in [7, 11) is 1.29. The number of nitrogens with zero attached hydrogens (tertiary/aromatic N) is 1. The van der Waals surface area contributed by atoms with Gasteiger partial charge < -0.3 is 28.8 Å². The summed E-state index contributed by atoms with van der Waals surface area (Å²) in [6.45, 7) is 1.85. The number of unbranched alkanes of at least 4 members (excludes halogenated alkanes) is 16. The van der Waals surface area contributed by atoms with Gasteiger partial charge in [-0.25, -0.2) is 0 Å². The molecule has 2 N–H and O–H groups in total. The number of quaternary nitrogens is 1. The standard InChI is InChI=1S/C41H69N2O6P/c1-43(2,3)35-40(49-50(45,46)47)28-22-17-15-13-11-9-7-5-4-6-8-10-12-14-16-19-25-37-30-32-39(33-31-37)42-41(44)29-23-24-34-48-36-38-26-20-18-21-27-38/h18,20-21,26-27,30-33,40H,4-17,19,22-25,28-29,34-36H2,1-3H3,(H2-,42,44,45,46,47). The summed E-state index contributed by atoms with van der Waals surface area (Å²) in [5.41, 5.74) is 3.39. The van der Waals surface area contributed by atoms with E-state index < -0.39 is 13.9 Å². The van der Waals surface area contributed by atoms with Crippen molar-refractivity contribution in [1.29, 1.82) is 0 Å². The number of likely N-dealkylation sites (N-methyl/N-ethyl adjacent to an activating group) is 1. The van der Waals surface area contributed by atoms with Crippen LogP contribution >= 0.6 is 7.82 Å². The number of phosphoric ester groups is 1. The van der Waals surface area contributed by atoms with Gasteiger partial charge in [-0.3, -0.25) is 9.36 Å². The van der Waals surface area contributed by atoms with Crippen molar-refractivity contribution >= 4 is 19.4 Å². The number of carbonyl (C=O) groups excluding carboxylic acids is 1. The Bertz CT molecular complexity index is 1170. The highest BCUT2D eigenvalue weighted by molar-refractivity contribution is 7.44. The molecule has 284 valence electrons. The van der Waals surface area contributed by atoms with E-state index in [-0.39, 0.29) is 5.91 Å². The monoisotopic (exact) mass is 716 g/mol. The molecule has 0 saturated heterocycles. The molecule has 0 radical (unpaired) electrons. The van der Waals surface area contributed by atoms with Gasteiger partial charge in [0.2, 0.25) is 5.91 Å². The van der Waals surface area contributed by atoms with E-state index in [1.807, 2.05) is 51.5 Å². The predicted molar refractivity (Wildman–Crippen MR) is 205 cm³/mol. The maximum Gasteiger partial charge on any atom is 0.265 e. The van der Waals surface area contributed by atoms with Gasteiger partial charge in [0.1, 0.15) is 12.6 Å². The third-order valence-corrected chi connectivity index (χ3v) is 9.63. The first-order chi connectivity index (χ1) is 24.0. The van der Waals surface area contributed by atoms with E-state index in [0.717, 1.165) is 37.8 Å². The molecule has 2 atom stereocenters. The first kappa shape index (κ1) is 44.1. The maximum absolute atomic E-state index is 12.3.